The SMILES string of the molecule is CN(C(=O)/C=C/c1ccoc1)[C@@H]1CC[C@@]2(O)[C@H]3C(O)c4ccc(O)c5c4[C@@]2(CCN3CC2CC2)[C@@]1(O)O5. The van der Waals surface area contributed by atoms with Crippen molar-refractivity contribution in [1.29, 1.82) is 0 Å². The number of aliphatic hydroxyl groups is 3. The number of benzene rings is 1. The highest BCUT2D eigenvalue weighted by Crippen LogP contribution is 2.70. The van der Waals surface area contributed by atoms with Crippen molar-refractivity contribution in [3.63, 3.8) is 0 Å². The summed E-state index contributed by atoms with van der Waals surface area (Å²) in [5.41, 5.74) is -1.03. The Morgan fingerprint density at radius 1 is 1.22 bits per heavy atom. The summed E-state index contributed by atoms with van der Waals surface area (Å²) in [7, 11) is 1.62. The standard InChI is InChI=1S/C28H32N2O7/c1-29(21(32)7-4-17-9-13-36-15-17)20-8-10-27(34)25-23(33)18-5-6-19(31)24-22(18)26(27,28(20,35)37-24)11-12-30(25)14-16-2-3-16/h4-7,9,13,15-16,20,23,25,31,33-35H,2-3,8,10-12,14H2,1H3/b7-4+/t20-,23?,25-,26-,27-,28+/m1/s1. The topological polar surface area (TPSA) is 127 Å². The van der Waals surface area contributed by atoms with Gasteiger partial charge >= 0.3 is 0 Å². The Morgan fingerprint density at radius 3 is 2.76 bits per heavy atom. The van der Waals surface area contributed by atoms with Crippen LogP contribution in [0.3, 0.4) is 0 Å². The molecular weight excluding hydrogens is 476 g/mol. The van der Waals surface area contributed by atoms with Gasteiger partial charge in [0, 0.05) is 30.8 Å². The predicted molar refractivity (Wildman–Crippen MR) is 132 cm³/mol. The van der Waals surface area contributed by atoms with Crippen molar-refractivity contribution in [3.8, 4) is 11.5 Å². The van der Waals surface area contributed by atoms with Crippen LogP contribution in [0.15, 0.2) is 41.2 Å². The van der Waals surface area contributed by atoms with E-state index < -0.39 is 35.0 Å². The second-order valence-corrected chi connectivity index (χ2v) is 11.5. The van der Waals surface area contributed by atoms with Crippen molar-refractivity contribution >= 4 is 12.0 Å². The monoisotopic (exact) mass is 508 g/mol. The van der Waals surface area contributed by atoms with Crippen molar-refractivity contribution in [1.82, 2.24) is 9.80 Å². The number of nitrogens with zero attached hydrogens (tertiary/aromatic N) is 2. The summed E-state index contributed by atoms with van der Waals surface area (Å²) >= 11 is 0. The van der Waals surface area contributed by atoms with E-state index in [-0.39, 0.29) is 30.2 Å². The van der Waals surface area contributed by atoms with Crippen LogP contribution in [0.1, 0.15) is 54.9 Å². The van der Waals surface area contributed by atoms with E-state index in [2.05, 4.69) is 4.90 Å². The number of amides is 1. The number of phenolic OH excluding ortho intramolecular Hbond substituents is 1. The predicted octanol–water partition coefficient (Wildman–Crippen LogP) is 1.90. The number of hydrogen-bond donors (Lipinski definition) is 4. The van der Waals surface area contributed by atoms with E-state index in [1.165, 1.54) is 29.6 Å². The summed E-state index contributed by atoms with van der Waals surface area (Å²) in [5, 5.41) is 47.5. The van der Waals surface area contributed by atoms with Gasteiger partial charge in [-0.05, 0) is 68.3 Å². The van der Waals surface area contributed by atoms with Crippen molar-refractivity contribution < 1.29 is 34.4 Å². The molecule has 7 rings (SSSR count). The molecule has 9 nitrogen and oxygen atoms in total. The molecule has 4 N–H and O–H groups in total. The van der Waals surface area contributed by atoms with Crippen LogP contribution in [0.25, 0.3) is 6.08 Å². The van der Waals surface area contributed by atoms with E-state index in [4.69, 9.17) is 9.15 Å². The summed E-state index contributed by atoms with van der Waals surface area (Å²) in [6.07, 6.45) is 8.32. The zero-order chi connectivity index (χ0) is 25.7. The number of piperidine rings is 1. The molecule has 9 heteroatoms. The number of carbonyl (C=O) groups excluding carboxylic acids is 1. The van der Waals surface area contributed by atoms with Gasteiger partial charge in [0.15, 0.2) is 11.5 Å². The lowest BCUT2D eigenvalue weighted by Gasteiger charge is -2.67. The quantitative estimate of drug-likeness (QED) is 0.451. The van der Waals surface area contributed by atoms with Crippen LogP contribution < -0.4 is 4.74 Å². The average molecular weight is 509 g/mol. The Kier molecular flexibility index (Phi) is 4.78. The second kappa shape index (κ2) is 7.60. The van der Waals surface area contributed by atoms with Gasteiger partial charge < -0.3 is 34.5 Å². The molecule has 3 aliphatic carbocycles. The van der Waals surface area contributed by atoms with Gasteiger partial charge in [-0.3, -0.25) is 9.69 Å². The average Bonchev–Trinajstić information content (AvgIpc) is 3.42. The molecule has 5 aliphatic rings. The van der Waals surface area contributed by atoms with Crippen LogP contribution in [0.4, 0.5) is 0 Å². The van der Waals surface area contributed by atoms with Gasteiger partial charge in [-0.25, -0.2) is 0 Å². The Balaban J connectivity index is 1.34. The molecule has 1 unspecified atom stereocenters. The van der Waals surface area contributed by atoms with Gasteiger partial charge in [0.05, 0.1) is 41.7 Å². The normalized spacial score (nSPS) is 37.9. The molecule has 1 aromatic heterocycles. The zero-order valence-electron chi connectivity index (χ0n) is 20.7. The minimum atomic E-state index is -1.99. The first-order chi connectivity index (χ1) is 17.7. The molecule has 37 heavy (non-hydrogen) atoms. The van der Waals surface area contributed by atoms with Gasteiger partial charge in [-0.15, -0.1) is 0 Å². The molecule has 6 atom stereocenters. The third-order valence-electron chi connectivity index (χ3n) is 9.70. The van der Waals surface area contributed by atoms with E-state index in [9.17, 15) is 25.2 Å². The minimum absolute atomic E-state index is 0.0910. The molecule has 2 saturated carbocycles. The Bertz CT molecular complexity index is 1290. The summed E-state index contributed by atoms with van der Waals surface area (Å²) in [5.74, 6) is -1.83. The number of furan rings is 1. The van der Waals surface area contributed by atoms with Gasteiger partial charge in [0.1, 0.15) is 0 Å². The summed E-state index contributed by atoms with van der Waals surface area (Å²) in [6.45, 7) is 1.35. The fraction of sp³-hybridized carbons (Fsp3) is 0.536. The van der Waals surface area contributed by atoms with Crippen LogP contribution in [0.5, 0.6) is 11.5 Å². The molecule has 3 heterocycles. The van der Waals surface area contributed by atoms with Gasteiger partial charge in [0.2, 0.25) is 11.7 Å². The molecule has 196 valence electrons. The molecule has 1 spiro atoms. The molecular formula is C28H32N2O7. The highest BCUT2D eigenvalue weighted by Gasteiger charge is 2.81. The van der Waals surface area contributed by atoms with Crippen LogP contribution in [0, 0.1) is 5.92 Å². The lowest BCUT2D eigenvalue weighted by Crippen LogP contribution is -2.83. The first-order valence-corrected chi connectivity index (χ1v) is 13.1. The lowest BCUT2D eigenvalue weighted by molar-refractivity contribution is -0.315. The third-order valence-corrected chi connectivity index (χ3v) is 9.70. The molecule has 2 bridgehead atoms. The van der Waals surface area contributed by atoms with Gasteiger partial charge in [0.25, 0.3) is 0 Å². The minimum Gasteiger partial charge on any atom is -0.504 e. The fourth-order valence-electron chi connectivity index (χ4n) is 7.85. The van der Waals surface area contributed by atoms with Gasteiger partial charge in [-0.2, -0.15) is 0 Å². The highest BCUT2D eigenvalue weighted by atomic mass is 16.6. The Morgan fingerprint density at radius 2 is 2.03 bits per heavy atom. The van der Waals surface area contributed by atoms with Crippen LogP contribution >= 0.6 is 0 Å². The van der Waals surface area contributed by atoms with Crippen LogP contribution in [-0.4, -0.2) is 79.7 Å². The van der Waals surface area contributed by atoms with Crippen molar-refractivity contribution in [3.05, 3.63) is 53.5 Å². The molecule has 2 aliphatic heterocycles. The molecule has 3 fully saturated rings. The Labute approximate surface area is 214 Å². The summed E-state index contributed by atoms with van der Waals surface area (Å²) in [6, 6.07) is 3.47. The highest BCUT2D eigenvalue weighted by molar-refractivity contribution is 5.92. The number of aliphatic hydroxyl groups excluding tert-OH is 1. The Hall–Kier alpha value is -2.85. The molecule has 0 radical (unpaired) electrons. The number of aromatic hydroxyl groups is 1. The molecule has 1 aromatic carbocycles. The summed E-state index contributed by atoms with van der Waals surface area (Å²) < 4.78 is 11.3. The van der Waals surface area contributed by atoms with Crippen molar-refractivity contribution in [2.75, 3.05) is 20.1 Å². The van der Waals surface area contributed by atoms with Crippen LogP contribution in [0.2, 0.25) is 0 Å². The summed E-state index contributed by atoms with van der Waals surface area (Å²) in [4.78, 5) is 16.9. The second-order valence-electron chi connectivity index (χ2n) is 11.5. The number of rotatable bonds is 5. The van der Waals surface area contributed by atoms with Crippen molar-refractivity contribution in [2.45, 2.75) is 67.1 Å². The molecule has 2 aromatic rings. The van der Waals surface area contributed by atoms with E-state index in [0.29, 0.717) is 30.0 Å². The largest absolute Gasteiger partial charge is 0.504 e. The van der Waals surface area contributed by atoms with E-state index in [1.54, 1.807) is 25.3 Å². The maximum absolute atomic E-state index is 13.2. The van der Waals surface area contributed by atoms with Crippen molar-refractivity contribution in [2.24, 2.45) is 5.92 Å². The number of ether oxygens (including phenoxy) is 1. The first kappa shape index (κ1) is 23.3. The van der Waals surface area contributed by atoms with Crippen LogP contribution in [-0.2, 0) is 10.2 Å². The van der Waals surface area contributed by atoms with E-state index in [1.807, 2.05) is 0 Å². The smallest absolute Gasteiger partial charge is 0.246 e. The first-order valence-electron chi connectivity index (χ1n) is 13.1. The number of phenols is 1. The number of likely N-dealkylation sites (tertiary alicyclic amines) is 1. The third kappa shape index (κ3) is 2.85. The number of hydrogen-bond acceptors (Lipinski definition) is 8. The number of likely N-dealkylation sites (N-methyl/N-ethyl adjacent to an activating group) is 1. The maximum Gasteiger partial charge on any atom is 0.246 e. The van der Waals surface area contributed by atoms with Gasteiger partial charge in [-0.1, -0.05) is 6.07 Å². The molecule has 1 amide bonds. The fourth-order valence-corrected chi connectivity index (χ4v) is 7.85. The zero-order valence-corrected chi connectivity index (χ0v) is 20.7. The maximum atomic E-state index is 13.2. The number of carbonyl (C=O) groups is 1. The molecule has 1 saturated heterocycles. The van der Waals surface area contributed by atoms with E-state index >= 15 is 0 Å². The van der Waals surface area contributed by atoms with E-state index in [0.717, 1.165) is 24.9 Å². The lowest BCUT2D eigenvalue weighted by atomic mass is 9.46.